The Labute approximate surface area is 169 Å². The van der Waals surface area contributed by atoms with Crippen molar-refractivity contribution < 1.29 is 19.4 Å². The van der Waals surface area contributed by atoms with Gasteiger partial charge in [0.05, 0.1) is 6.10 Å². The highest BCUT2D eigenvalue weighted by Gasteiger charge is 2.62. The zero-order chi connectivity index (χ0) is 20.4. The van der Waals surface area contributed by atoms with Crippen LogP contribution in [0, 0.1) is 34.5 Å². The molecule has 4 aliphatic carbocycles. The molecule has 28 heavy (non-hydrogen) atoms. The average molecular weight is 389 g/mol. The zero-order valence-electron chi connectivity index (χ0n) is 18.1. The lowest BCUT2D eigenvalue weighted by Gasteiger charge is -2.60. The van der Waals surface area contributed by atoms with Gasteiger partial charge >= 0.3 is 5.97 Å². The summed E-state index contributed by atoms with van der Waals surface area (Å²) in [7, 11) is 0. The number of allylic oxidation sites excluding steroid dienone is 1. The lowest BCUT2D eigenvalue weighted by atomic mass is 9.45. The second-order valence-corrected chi connectivity index (χ2v) is 10.6. The van der Waals surface area contributed by atoms with Crippen molar-refractivity contribution in [2.24, 2.45) is 34.5 Å². The molecule has 0 amide bonds. The van der Waals surface area contributed by atoms with Gasteiger partial charge in [0.25, 0.3) is 0 Å². The van der Waals surface area contributed by atoms with Crippen LogP contribution in [0.25, 0.3) is 0 Å². The third-order valence-corrected chi connectivity index (χ3v) is 9.31. The summed E-state index contributed by atoms with van der Waals surface area (Å²) < 4.78 is 5.84. The maximum Gasteiger partial charge on any atom is 0.302 e. The highest BCUT2D eigenvalue weighted by molar-refractivity contribution is 5.79. The van der Waals surface area contributed by atoms with Crippen molar-refractivity contribution in [1.29, 1.82) is 0 Å². The van der Waals surface area contributed by atoms with Crippen LogP contribution in [0.3, 0.4) is 0 Å². The summed E-state index contributed by atoms with van der Waals surface area (Å²) in [6, 6.07) is 0. The maximum absolute atomic E-state index is 12.3. The van der Waals surface area contributed by atoms with Crippen LogP contribution >= 0.6 is 0 Å². The molecule has 3 fully saturated rings. The van der Waals surface area contributed by atoms with Gasteiger partial charge in [-0.3, -0.25) is 9.59 Å². The minimum absolute atomic E-state index is 0.117. The molecule has 0 aromatic carbocycles. The van der Waals surface area contributed by atoms with Crippen LogP contribution in [0.4, 0.5) is 0 Å². The Morgan fingerprint density at radius 1 is 1.07 bits per heavy atom. The Bertz CT molecular complexity index is 724. The molecule has 4 heteroatoms. The molecule has 0 heterocycles. The van der Waals surface area contributed by atoms with E-state index in [1.807, 2.05) is 0 Å². The van der Waals surface area contributed by atoms with Gasteiger partial charge in [-0.2, -0.15) is 0 Å². The van der Waals surface area contributed by atoms with E-state index in [1.54, 1.807) is 6.92 Å². The summed E-state index contributed by atoms with van der Waals surface area (Å²) in [4.78, 5) is 24.2. The Hall–Kier alpha value is -1.16. The summed E-state index contributed by atoms with van der Waals surface area (Å²) in [5.74, 6) is 1.89. The molecule has 4 aliphatic rings. The number of aliphatic hydroxyl groups excluding tert-OH is 1. The fraction of sp³-hybridized carbons (Fsp3) is 0.833. The van der Waals surface area contributed by atoms with E-state index in [1.165, 1.54) is 18.1 Å². The molecule has 0 aromatic rings. The molecule has 8 atom stereocenters. The van der Waals surface area contributed by atoms with Crippen LogP contribution in [0.1, 0.15) is 79.6 Å². The number of rotatable bonds is 2. The predicted octanol–water partition coefficient (Wildman–Crippen LogP) is 4.45. The van der Waals surface area contributed by atoms with Crippen LogP contribution in [0.5, 0.6) is 0 Å². The number of aliphatic hydroxyl groups is 1. The lowest BCUT2D eigenvalue weighted by molar-refractivity contribution is -0.167. The highest BCUT2D eigenvalue weighted by atomic mass is 16.5. The van der Waals surface area contributed by atoms with E-state index in [0.29, 0.717) is 36.4 Å². The van der Waals surface area contributed by atoms with Crippen molar-refractivity contribution in [2.75, 3.05) is 0 Å². The van der Waals surface area contributed by atoms with E-state index < -0.39 is 6.10 Å². The molecule has 0 aromatic heterocycles. The number of ketones is 1. The molecule has 0 aliphatic heterocycles. The molecule has 4 unspecified atom stereocenters. The van der Waals surface area contributed by atoms with Crippen molar-refractivity contribution in [3.05, 3.63) is 11.1 Å². The smallest absolute Gasteiger partial charge is 0.302 e. The molecule has 4 rings (SSSR count). The third kappa shape index (κ3) is 2.74. The van der Waals surface area contributed by atoms with E-state index in [2.05, 4.69) is 20.8 Å². The first-order valence-corrected chi connectivity index (χ1v) is 11.1. The lowest BCUT2D eigenvalue weighted by Crippen LogP contribution is -2.57. The van der Waals surface area contributed by atoms with Crippen molar-refractivity contribution in [2.45, 2.75) is 91.8 Å². The van der Waals surface area contributed by atoms with Crippen molar-refractivity contribution in [1.82, 2.24) is 0 Å². The molecule has 4 nitrogen and oxygen atoms in total. The normalized spacial score (nSPS) is 47.8. The summed E-state index contributed by atoms with van der Waals surface area (Å²) in [5.41, 5.74) is 2.65. The monoisotopic (exact) mass is 388 g/mol. The van der Waals surface area contributed by atoms with Gasteiger partial charge < -0.3 is 9.84 Å². The van der Waals surface area contributed by atoms with Crippen molar-refractivity contribution >= 4 is 11.8 Å². The Kier molecular flexibility index (Phi) is 4.80. The first kappa shape index (κ1) is 20.1. The standard InChI is InChI=1S/C24H36O4/c1-13-10-17-19-7-6-18(14(2)25)23(19,4)9-8-20(17)24(5)21(13)11-16(27)12-22(24)28-15(3)26/h16-20,22,27H,6-12H2,1-5H3/t16-,17?,18+,19?,20?,22?,23+,24+/m0/s1. The third-order valence-electron chi connectivity index (χ3n) is 9.31. The minimum Gasteiger partial charge on any atom is -0.462 e. The number of hydrogen-bond donors (Lipinski definition) is 1. The van der Waals surface area contributed by atoms with E-state index >= 15 is 0 Å². The first-order valence-electron chi connectivity index (χ1n) is 11.1. The Balaban J connectivity index is 1.75. The van der Waals surface area contributed by atoms with Gasteiger partial charge in [0.2, 0.25) is 0 Å². The SMILES string of the molecule is CC(=O)OC1C[C@@H](O)CC2=C(C)CC3C(CC[C@@]4(C)C3CC[C@@H]4C(C)=O)[C@]21C. The molecule has 0 saturated heterocycles. The summed E-state index contributed by atoms with van der Waals surface area (Å²) in [5, 5.41) is 10.5. The number of esters is 1. The quantitative estimate of drug-likeness (QED) is 0.561. The molecule has 0 radical (unpaired) electrons. The van der Waals surface area contributed by atoms with Crippen LogP contribution in [-0.2, 0) is 14.3 Å². The molecule has 3 saturated carbocycles. The number of carbonyl (C=O) groups is 2. The number of Topliss-reactive ketones (excluding diaryl/α,β-unsaturated/α-hetero) is 1. The van der Waals surface area contributed by atoms with Gasteiger partial charge in [-0.15, -0.1) is 0 Å². The summed E-state index contributed by atoms with van der Waals surface area (Å²) in [6.45, 7) is 10.1. The fourth-order valence-corrected chi connectivity index (χ4v) is 8.15. The zero-order valence-corrected chi connectivity index (χ0v) is 18.1. The van der Waals surface area contributed by atoms with Crippen molar-refractivity contribution in [3.8, 4) is 0 Å². The number of fused-ring (bicyclic) bond motifs is 5. The Morgan fingerprint density at radius 3 is 2.43 bits per heavy atom. The number of hydrogen-bond acceptors (Lipinski definition) is 4. The molecule has 156 valence electrons. The molecular formula is C24H36O4. The van der Waals surface area contributed by atoms with Crippen LogP contribution < -0.4 is 0 Å². The van der Waals surface area contributed by atoms with Gasteiger partial charge in [0.15, 0.2) is 0 Å². The van der Waals surface area contributed by atoms with E-state index in [4.69, 9.17) is 4.74 Å². The van der Waals surface area contributed by atoms with Crippen molar-refractivity contribution in [3.63, 3.8) is 0 Å². The predicted molar refractivity (Wildman–Crippen MR) is 107 cm³/mol. The summed E-state index contributed by atoms with van der Waals surface area (Å²) >= 11 is 0. The largest absolute Gasteiger partial charge is 0.462 e. The molecular weight excluding hydrogens is 352 g/mol. The molecule has 0 bridgehead atoms. The topological polar surface area (TPSA) is 63.6 Å². The minimum atomic E-state index is -0.429. The van der Waals surface area contributed by atoms with Gasteiger partial charge in [-0.25, -0.2) is 0 Å². The van der Waals surface area contributed by atoms with Crippen LogP contribution in [-0.4, -0.2) is 29.1 Å². The number of ether oxygens (including phenoxy) is 1. The van der Waals surface area contributed by atoms with Gasteiger partial charge in [-0.1, -0.05) is 25.0 Å². The van der Waals surface area contributed by atoms with Gasteiger partial charge in [0, 0.05) is 24.7 Å². The average Bonchev–Trinajstić information content (AvgIpc) is 2.94. The second-order valence-electron chi connectivity index (χ2n) is 10.6. The fourth-order valence-electron chi connectivity index (χ4n) is 8.15. The van der Waals surface area contributed by atoms with Gasteiger partial charge in [-0.05, 0) is 75.5 Å². The number of carbonyl (C=O) groups excluding carboxylic acids is 2. The van der Waals surface area contributed by atoms with E-state index in [-0.39, 0.29) is 28.8 Å². The Morgan fingerprint density at radius 2 is 1.79 bits per heavy atom. The van der Waals surface area contributed by atoms with E-state index in [9.17, 15) is 14.7 Å². The maximum atomic E-state index is 12.3. The van der Waals surface area contributed by atoms with Gasteiger partial charge in [0.1, 0.15) is 11.9 Å². The first-order chi connectivity index (χ1) is 13.1. The second kappa shape index (κ2) is 6.68. The highest BCUT2D eigenvalue weighted by Crippen LogP contribution is 2.67. The van der Waals surface area contributed by atoms with Crippen LogP contribution in [0.15, 0.2) is 11.1 Å². The molecule has 0 spiro atoms. The van der Waals surface area contributed by atoms with Crippen LogP contribution in [0.2, 0.25) is 0 Å². The molecule has 1 N–H and O–H groups in total. The van der Waals surface area contributed by atoms with E-state index in [0.717, 1.165) is 32.1 Å². The summed E-state index contributed by atoms with van der Waals surface area (Å²) in [6.07, 6.45) is 5.97.